The number of nitrogens with zero attached hydrogens (tertiary/aromatic N) is 3. The number of benzene rings is 2. The molecule has 1 N–H and O–H groups in total. The zero-order chi connectivity index (χ0) is 21.1. The molecule has 0 fully saturated rings. The quantitative estimate of drug-likeness (QED) is 0.662. The highest BCUT2D eigenvalue weighted by Crippen LogP contribution is 2.23. The SMILES string of the molecule is Cc1ccc(CCNC(=O)CN2CCn3nc(-c4ccc(Cl)cc4)cc3C2=O)cc1. The zero-order valence-electron chi connectivity index (χ0n) is 16.8. The first-order valence-corrected chi connectivity index (χ1v) is 10.3. The van der Waals surface area contributed by atoms with Crippen LogP contribution in [-0.4, -0.2) is 46.1 Å². The minimum atomic E-state index is -0.178. The van der Waals surface area contributed by atoms with E-state index < -0.39 is 0 Å². The van der Waals surface area contributed by atoms with Crippen molar-refractivity contribution in [2.24, 2.45) is 0 Å². The topological polar surface area (TPSA) is 67.2 Å². The van der Waals surface area contributed by atoms with Crippen LogP contribution >= 0.6 is 11.6 Å². The molecule has 7 heteroatoms. The molecule has 0 bridgehead atoms. The van der Waals surface area contributed by atoms with Gasteiger partial charge < -0.3 is 10.2 Å². The maximum absolute atomic E-state index is 12.8. The Bertz CT molecular complexity index is 1060. The van der Waals surface area contributed by atoms with Crippen molar-refractivity contribution in [1.82, 2.24) is 20.0 Å². The molecule has 2 heterocycles. The Labute approximate surface area is 180 Å². The molecule has 30 heavy (non-hydrogen) atoms. The van der Waals surface area contributed by atoms with Gasteiger partial charge in [0.25, 0.3) is 5.91 Å². The number of carbonyl (C=O) groups excluding carboxylic acids is 2. The smallest absolute Gasteiger partial charge is 0.272 e. The van der Waals surface area contributed by atoms with E-state index in [4.69, 9.17) is 11.6 Å². The van der Waals surface area contributed by atoms with Crippen molar-refractivity contribution < 1.29 is 9.59 Å². The Hall–Kier alpha value is -3.12. The Morgan fingerprint density at radius 2 is 1.83 bits per heavy atom. The number of aromatic nitrogens is 2. The zero-order valence-corrected chi connectivity index (χ0v) is 17.5. The number of fused-ring (bicyclic) bond motifs is 1. The molecule has 2 aromatic carbocycles. The van der Waals surface area contributed by atoms with Gasteiger partial charge in [-0.2, -0.15) is 5.10 Å². The van der Waals surface area contributed by atoms with Gasteiger partial charge in [-0.05, 0) is 37.1 Å². The molecule has 0 saturated carbocycles. The molecular weight excluding hydrogens is 400 g/mol. The number of rotatable bonds is 6. The Kier molecular flexibility index (Phi) is 5.86. The van der Waals surface area contributed by atoms with Crippen molar-refractivity contribution in [1.29, 1.82) is 0 Å². The summed E-state index contributed by atoms with van der Waals surface area (Å²) < 4.78 is 1.71. The molecule has 1 aromatic heterocycles. The van der Waals surface area contributed by atoms with E-state index >= 15 is 0 Å². The predicted molar refractivity (Wildman–Crippen MR) is 116 cm³/mol. The van der Waals surface area contributed by atoms with Crippen LogP contribution < -0.4 is 5.32 Å². The molecule has 1 aliphatic rings. The van der Waals surface area contributed by atoms with E-state index in [1.807, 2.05) is 19.1 Å². The number of aryl methyl sites for hydroxylation is 1. The molecule has 0 atom stereocenters. The number of amides is 2. The Morgan fingerprint density at radius 3 is 2.57 bits per heavy atom. The first-order chi connectivity index (χ1) is 14.5. The van der Waals surface area contributed by atoms with Crippen LogP contribution in [0.15, 0.2) is 54.6 Å². The van der Waals surface area contributed by atoms with Crippen molar-refractivity contribution in [2.45, 2.75) is 19.9 Å². The second-order valence-electron chi connectivity index (χ2n) is 7.46. The van der Waals surface area contributed by atoms with E-state index in [2.05, 4.69) is 34.7 Å². The van der Waals surface area contributed by atoms with Crippen LogP contribution in [0, 0.1) is 6.92 Å². The van der Waals surface area contributed by atoms with Crippen molar-refractivity contribution in [3.05, 3.63) is 76.4 Å². The monoisotopic (exact) mass is 422 g/mol. The average molecular weight is 423 g/mol. The lowest BCUT2D eigenvalue weighted by atomic mass is 10.1. The summed E-state index contributed by atoms with van der Waals surface area (Å²) in [7, 11) is 0. The molecule has 1 aliphatic heterocycles. The van der Waals surface area contributed by atoms with Gasteiger partial charge in [0.2, 0.25) is 5.91 Å². The van der Waals surface area contributed by atoms with Gasteiger partial charge in [-0.1, -0.05) is 53.6 Å². The van der Waals surface area contributed by atoms with E-state index in [1.165, 1.54) is 11.1 Å². The molecule has 2 amide bonds. The summed E-state index contributed by atoms with van der Waals surface area (Å²) in [6.07, 6.45) is 0.761. The molecular formula is C23H23ClN4O2. The lowest BCUT2D eigenvalue weighted by Gasteiger charge is -2.26. The third-order valence-corrected chi connectivity index (χ3v) is 5.45. The minimum absolute atomic E-state index is 0.0498. The van der Waals surface area contributed by atoms with E-state index in [9.17, 15) is 9.59 Å². The first-order valence-electron chi connectivity index (χ1n) is 9.95. The van der Waals surface area contributed by atoms with Gasteiger partial charge in [-0.25, -0.2) is 0 Å². The van der Waals surface area contributed by atoms with Crippen molar-refractivity contribution in [3.63, 3.8) is 0 Å². The van der Waals surface area contributed by atoms with Gasteiger partial charge >= 0.3 is 0 Å². The largest absolute Gasteiger partial charge is 0.354 e. The second-order valence-corrected chi connectivity index (χ2v) is 7.89. The molecule has 6 nitrogen and oxygen atoms in total. The third-order valence-electron chi connectivity index (χ3n) is 5.20. The summed E-state index contributed by atoms with van der Waals surface area (Å²) in [4.78, 5) is 26.7. The lowest BCUT2D eigenvalue weighted by Crippen LogP contribution is -2.46. The summed E-state index contributed by atoms with van der Waals surface area (Å²) in [5, 5.41) is 8.09. The van der Waals surface area contributed by atoms with E-state index in [0.717, 1.165) is 17.7 Å². The Morgan fingerprint density at radius 1 is 1.10 bits per heavy atom. The highest BCUT2D eigenvalue weighted by atomic mass is 35.5. The molecule has 0 aliphatic carbocycles. The molecule has 3 aromatic rings. The molecule has 0 unspecified atom stereocenters. The highest BCUT2D eigenvalue weighted by Gasteiger charge is 2.28. The van der Waals surface area contributed by atoms with Gasteiger partial charge in [0.1, 0.15) is 5.69 Å². The summed E-state index contributed by atoms with van der Waals surface area (Å²) >= 11 is 5.94. The fraction of sp³-hybridized carbons (Fsp3) is 0.261. The summed E-state index contributed by atoms with van der Waals surface area (Å²) in [5.74, 6) is -0.330. The molecule has 154 valence electrons. The number of hydrogen-bond donors (Lipinski definition) is 1. The second kappa shape index (κ2) is 8.71. The maximum Gasteiger partial charge on any atom is 0.272 e. The van der Waals surface area contributed by atoms with Crippen molar-refractivity contribution >= 4 is 23.4 Å². The van der Waals surface area contributed by atoms with Crippen molar-refractivity contribution in [3.8, 4) is 11.3 Å². The standard InChI is InChI=1S/C23H23ClN4O2/c1-16-2-4-17(5-3-16)10-11-25-22(29)15-27-12-13-28-21(23(27)30)14-20(26-28)18-6-8-19(24)9-7-18/h2-9,14H,10-13,15H2,1H3,(H,25,29). The maximum atomic E-state index is 12.8. The van der Waals surface area contributed by atoms with E-state index in [1.54, 1.807) is 27.8 Å². The molecule has 0 saturated heterocycles. The fourth-order valence-electron chi connectivity index (χ4n) is 3.48. The average Bonchev–Trinajstić information content (AvgIpc) is 3.17. The van der Waals surface area contributed by atoms with E-state index in [0.29, 0.717) is 30.4 Å². The van der Waals surface area contributed by atoms with Gasteiger partial charge in [-0.15, -0.1) is 0 Å². The van der Waals surface area contributed by atoms with Gasteiger partial charge in [0.15, 0.2) is 0 Å². The van der Waals surface area contributed by atoms with Crippen LogP contribution in [0.4, 0.5) is 0 Å². The molecule has 0 radical (unpaired) electrons. The van der Waals surface area contributed by atoms with Crippen LogP contribution in [0.25, 0.3) is 11.3 Å². The van der Waals surface area contributed by atoms with Crippen LogP contribution in [-0.2, 0) is 17.8 Å². The summed E-state index contributed by atoms with van der Waals surface area (Å²) in [6.45, 7) is 3.66. The highest BCUT2D eigenvalue weighted by molar-refractivity contribution is 6.30. The minimum Gasteiger partial charge on any atom is -0.354 e. The van der Waals surface area contributed by atoms with Crippen LogP contribution in [0.5, 0.6) is 0 Å². The predicted octanol–water partition coefficient (Wildman–Crippen LogP) is 3.33. The first kappa shape index (κ1) is 20.2. The lowest BCUT2D eigenvalue weighted by molar-refractivity contribution is -0.121. The normalized spacial score (nSPS) is 13.3. The number of halogens is 1. The van der Waals surface area contributed by atoms with Crippen LogP contribution in [0.3, 0.4) is 0 Å². The third kappa shape index (κ3) is 4.54. The van der Waals surface area contributed by atoms with Gasteiger partial charge in [0.05, 0.1) is 18.8 Å². The molecule has 4 rings (SSSR count). The number of hydrogen-bond acceptors (Lipinski definition) is 3. The van der Waals surface area contributed by atoms with Crippen molar-refractivity contribution in [2.75, 3.05) is 19.6 Å². The van der Waals surface area contributed by atoms with Gasteiger partial charge in [-0.3, -0.25) is 14.3 Å². The summed E-state index contributed by atoms with van der Waals surface area (Å²) in [5.41, 5.74) is 4.51. The number of nitrogens with one attached hydrogen (secondary N) is 1. The fourth-order valence-corrected chi connectivity index (χ4v) is 3.61. The summed E-state index contributed by atoms with van der Waals surface area (Å²) in [6, 6.07) is 17.4. The van der Waals surface area contributed by atoms with Crippen LogP contribution in [0.1, 0.15) is 21.6 Å². The Balaban J connectivity index is 1.34. The molecule has 0 spiro atoms. The van der Waals surface area contributed by atoms with E-state index in [-0.39, 0.29) is 18.4 Å². The van der Waals surface area contributed by atoms with Crippen LogP contribution in [0.2, 0.25) is 5.02 Å². The number of carbonyl (C=O) groups is 2. The van der Waals surface area contributed by atoms with Gasteiger partial charge in [0, 0.05) is 23.7 Å².